The predicted molar refractivity (Wildman–Crippen MR) is 40.3 cm³/mol. The second kappa shape index (κ2) is 2.76. The molecule has 1 atom stereocenters. The fraction of sp³-hybridized carbons (Fsp3) is 0.714. The van der Waals surface area contributed by atoms with Gasteiger partial charge in [0.25, 0.3) is 0 Å². The number of hydrogen-bond donors (Lipinski definition) is 0. The zero-order valence-electron chi connectivity index (χ0n) is 5.96. The van der Waals surface area contributed by atoms with Gasteiger partial charge in [-0.1, -0.05) is 13.8 Å². The number of aliphatic imine (C=N–C) groups is 2. The Morgan fingerprint density at radius 3 is 2.67 bits per heavy atom. The molecule has 0 N–H and O–H groups in total. The van der Waals surface area contributed by atoms with E-state index in [1.54, 1.807) is 0 Å². The third kappa shape index (κ3) is 1.37. The van der Waals surface area contributed by atoms with E-state index in [0.717, 1.165) is 18.7 Å². The molecule has 9 heavy (non-hydrogen) atoms. The van der Waals surface area contributed by atoms with Crippen molar-refractivity contribution in [2.24, 2.45) is 9.98 Å². The van der Waals surface area contributed by atoms with Crippen molar-refractivity contribution in [3.63, 3.8) is 0 Å². The van der Waals surface area contributed by atoms with Crippen molar-refractivity contribution in [3.05, 3.63) is 0 Å². The van der Waals surface area contributed by atoms with Crippen LogP contribution >= 0.6 is 0 Å². The molecule has 1 aliphatic heterocycles. The molecule has 1 aliphatic rings. The summed E-state index contributed by atoms with van der Waals surface area (Å²) >= 11 is 0. The highest BCUT2D eigenvalue weighted by Crippen LogP contribution is 2.04. The van der Waals surface area contributed by atoms with Gasteiger partial charge in [0.2, 0.25) is 0 Å². The predicted octanol–water partition coefficient (Wildman–Crippen LogP) is 1.66. The van der Waals surface area contributed by atoms with Crippen LogP contribution in [0.4, 0.5) is 0 Å². The first-order chi connectivity index (χ1) is 4.36. The largest absolute Gasteiger partial charge is 0.261 e. The first kappa shape index (κ1) is 6.46. The van der Waals surface area contributed by atoms with Crippen LogP contribution in [0.3, 0.4) is 0 Å². The van der Waals surface area contributed by atoms with Crippen molar-refractivity contribution in [2.75, 3.05) is 0 Å². The van der Waals surface area contributed by atoms with Gasteiger partial charge >= 0.3 is 0 Å². The van der Waals surface area contributed by atoms with E-state index in [9.17, 15) is 0 Å². The van der Waals surface area contributed by atoms with Crippen LogP contribution in [0.15, 0.2) is 9.98 Å². The lowest BCUT2D eigenvalue weighted by Crippen LogP contribution is -1.98. The topological polar surface area (TPSA) is 24.7 Å². The molecule has 0 spiro atoms. The molecule has 1 heterocycles. The molecule has 0 bridgehead atoms. The maximum Gasteiger partial charge on any atom is 0.123 e. The Kier molecular flexibility index (Phi) is 1.98. The highest BCUT2D eigenvalue weighted by atomic mass is 15.0. The third-order valence-corrected chi connectivity index (χ3v) is 1.44. The Hall–Kier alpha value is -0.660. The van der Waals surface area contributed by atoms with Crippen LogP contribution in [0, 0.1) is 0 Å². The van der Waals surface area contributed by atoms with Gasteiger partial charge in [-0.2, -0.15) is 0 Å². The lowest BCUT2D eigenvalue weighted by atomic mass is 10.3. The molecule has 0 radical (unpaired) electrons. The monoisotopic (exact) mass is 124 g/mol. The van der Waals surface area contributed by atoms with Crippen LogP contribution in [0.25, 0.3) is 0 Å². The minimum atomic E-state index is 0.375. The second-order valence-electron chi connectivity index (χ2n) is 2.15. The van der Waals surface area contributed by atoms with Gasteiger partial charge in [-0.25, -0.2) is 4.99 Å². The molecule has 0 aromatic heterocycles. The van der Waals surface area contributed by atoms with Crippen molar-refractivity contribution >= 4 is 12.1 Å². The molecule has 0 saturated heterocycles. The first-order valence-corrected chi connectivity index (χ1v) is 3.47. The molecule has 2 heteroatoms. The van der Waals surface area contributed by atoms with Gasteiger partial charge < -0.3 is 0 Å². The molecule has 50 valence electrons. The maximum atomic E-state index is 4.32. The van der Waals surface area contributed by atoms with E-state index >= 15 is 0 Å². The average Bonchev–Trinajstić information content (AvgIpc) is 2.34. The van der Waals surface area contributed by atoms with Crippen LogP contribution in [-0.2, 0) is 0 Å². The Labute approximate surface area is 55.7 Å². The van der Waals surface area contributed by atoms with Gasteiger partial charge in [-0.05, 0) is 6.42 Å². The minimum absolute atomic E-state index is 0.375. The summed E-state index contributed by atoms with van der Waals surface area (Å²) in [5.74, 6) is 1.00. The molecule has 0 aromatic carbocycles. The summed E-state index contributed by atoms with van der Waals surface area (Å²) in [5, 5.41) is 0. The van der Waals surface area contributed by atoms with Crippen molar-refractivity contribution in [1.82, 2.24) is 0 Å². The zero-order valence-corrected chi connectivity index (χ0v) is 5.96. The van der Waals surface area contributed by atoms with Gasteiger partial charge in [-0.3, -0.25) is 4.99 Å². The summed E-state index contributed by atoms with van der Waals surface area (Å²) in [5.41, 5.74) is 0. The summed E-state index contributed by atoms with van der Waals surface area (Å²) < 4.78 is 0. The molecule has 0 aliphatic carbocycles. The third-order valence-electron chi connectivity index (χ3n) is 1.44. The standard InChI is InChI=1S/C7H12N2/c1-3-6-5-8-7(4-2)9-6/h5-6H,3-4H2,1-2H3. The zero-order chi connectivity index (χ0) is 6.69. The summed E-state index contributed by atoms with van der Waals surface area (Å²) in [6, 6.07) is 0.375. The van der Waals surface area contributed by atoms with E-state index in [0.29, 0.717) is 6.04 Å². The van der Waals surface area contributed by atoms with Gasteiger partial charge in [-0.15, -0.1) is 0 Å². The Bertz CT molecular complexity index is 147. The van der Waals surface area contributed by atoms with Crippen molar-refractivity contribution < 1.29 is 0 Å². The SMILES string of the molecule is CCC1=NC(CC)C=N1. The lowest BCUT2D eigenvalue weighted by molar-refractivity contribution is 0.845. The van der Waals surface area contributed by atoms with E-state index in [1.807, 2.05) is 6.21 Å². The highest BCUT2D eigenvalue weighted by Gasteiger charge is 2.06. The Morgan fingerprint density at radius 1 is 1.56 bits per heavy atom. The normalized spacial score (nSPS) is 24.7. The molecule has 0 amide bonds. The van der Waals surface area contributed by atoms with Gasteiger partial charge in [0.15, 0.2) is 0 Å². The number of amidine groups is 1. The number of hydrogen-bond acceptors (Lipinski definition) is 2. The van der Waals surface area contributed by atoms with Crippen LogP contribution in [-0.4, -0.2) is 18.1 Å². The minimum Gasteiger partial charge on any atom is -0.261 e. The Balaban J connectivity index is 2.52. The number of nitrogens with zero attached hydrogens (tertiary/aromatic N) is 2. The van der Waals surface area contributed by atoms with Crippen molar-refractivity contribution in [1.29, 1.82) is 0 Å². The smallest absolute Gasteiger partial charge is 0.123 e. The van der Waals surface area contributed by atoms with Gasteiger partial charge in [0.1, 0.15) is 5.84 Å². The molecule has 1 rings (SSSR count). The van der Waals surface area contributed by atoms with E-state index < -0.39 is 0 Å². The highest BCUT2D eigenvalue weighted by molar-refractivity contribution is 5.95. The summed E-state index contributed by atoms with van der Waals surface area (Å²) in [6.45, 7) is 4.20. The summed E-state index contributed by atoms with van der Waals surface area (Å²) in [7, 11) is 0. The number of rotatable bonds is 2. The molecule has 1 unspecified atom stereocenters. The van der Waals surface area contributed by atoms with Crippen LogP contribution in [0.5, 0.6) is 0 Å². The molecule has 2 nitrogen and oxygen atoms in total. The summed E-state index contributed by atoms with van der Waals surface area (Å²) in [4.78, 5) is 8.45. The lowest BCUT2D eigenvalue weighted by Gasteiger charge is -1.93. The second-order valence-corrected chi connectivity index (χ2v) is 2.15. The van der Waals surface area contributed by atoms with Gasteiger partial charge in [0, 0.05) is 12.6 Å². The van der Waals surface area contributed by atoms with E-state index in [4.69, 9.17) is 0 Å². The molecular weight excluding hydrogens is 112 g/mol. The molecule has 0 fully saturated rings. The van der Waals surface area contributed by atoms with Crippen molar-refractivity contribution in [3.8, 4) is 0 Å². The van der Waals surface area contributed by atoms with Crippen LogP contribution in [0.2, 0.25) is 0 Å². The van der Waals surface area contributed by atoms with Crippen molar-refractivity contribution in [2.45, 2.75) is 32.7 Å². The van der Waals surface area contributed by atoms with Gasteiger partial charge in [0.05, 0.1) is 6.04 Å². The molecule has 0 saturated carbocycles. The molecular formula is C7H12N2. The van der Waals surface area contributed by atoms with E-state index in [1.165, 1.54) is 0 Å². The Morgan fingerprint density at radius 2 is 2.33 bits per heavy atom. The van der Waals surface area contributed by atoms with Crippen LogP contribution in [0.1, 0.15) is 26.7 Å². The quantitative estimate of drug-likeness (QED) is 0.535. The average molecular weight is 124 g/mol. The van der Waals surface area contributed by atoms with Crippen LogP contribution < -0.4 is 0 Å². The van der Waals surface area contributed by atoms with E-state index in [2.05, 4.69) is 23.8 Å². The summed E-state index contributed by atoms with van der Waals surface area (Å²) in [6.07, 6.45) is 3.97. The maximum absolute atomic E-state index is 4.32. The fourth-order valence-electron chi connectivity index (χ4n) is 0.809. The first-order valence-electron chi connectivity index (χ1n) is 3.47. The van der Waals surface area contributed by atoms with E-state index in [-0.39, 0.29) is 0 Å². The fourth-order valence-corrected chi connectivity index (χ4v) is 0.809. The molecule has 0 aromatic rings.